The molecule has 1 aromatic carbocycles. The second-order valence-corrected chi connectivity index (χ2v) is 4.19. The Morgan fingerprint density at radius 2 is 2.11 bits per heavy atom. The summed E-state index contributed by atoms with van der Waals surface area (Å²) in [6.07, 6.45) is 1.47. The molecular formula is C13H14ClN3O. The monoisotopic (exact) mass is 263 g/mol. The molecule has 1 heterocycles. The number of aromatic nitrogens is 2. The molecule has 2 rings (SSSR count). The van der Waals surface area contributed by atoms with E-state index in [1.165, 1.54) is 6.33 Å². The van der Waals surface area contributed by atoms with Gasteiger partial charge < -0.3 is 10.1 Å². The Balaban J connectivity index is 2.17. The molecule has 0 aliphatic rings. The molecule has 0 bridgehead atoms. The minimum atomic E-state index is 0.502. The van der Waals surface area contributed by atoms with Gasteiger partial charge in [0.25, 0.3) is 0 Å². The molecule has 1 aromatic heterocycles. The van der Waals surface area contributed by atoms with Crippen LogP contribution in [0.1, 0.15) is 12.5 Å². The van der Waals surface area contributed by atoms with Gasteiger partial charge >= 0.3 is 0 Å². The molecule has 0 aliphatic heterocycles. The number of hydrogen-bond acceptors (Lipinski definition) is 4. The van der Waals surface area contributed by atoms with Gasteiger partial charge in [-0.3, -0.25) is 0 Å². The maximum absolute atomic E-state index is 5.96. The topological polar surface area (TPSA) is 47.0 Å². The molecule has 5 heteroatoms. The van der Waals surface area contributed by atoms with Crippen molar-refractivity contribution in [3.63, 3.8) is 0 Å². The lowest BCUT2D eigenvalue weighted by Crippen LogP contribution is -2.00. The molecule has 0 saturated heterocycles. The summed E-state index contributed by atoms with van der Waals surface area (Å²) in [7, 11) is 0. The van der Waals surface area contributed by atoms with Gasteiger partial charge in [-0.25, -0.2) is 9.97 Å². The van der Waals surface area contributed by atoms with Crippen molar-refractivity contribution < 1.29 is 4.74 Å². The van der Waals surface area contributed by atoms with Crippen molar-refractivity contribution in [2.75, 3.05) is 11.9 Å². The number of rotatable bonds is 4. The summed E-state index contributed by atoms with van der Waals surface area (Å²) in [4.78, 5) is 8.14. The molecule has 0 aliphatic carbocycles. The number of anilines is 1. The molecule has 0 unspecified atom stereocenters. The average molecular weight is 264 g/mol. The zero-order valence-corrected chi connectivity index (χ0v) is 11.0. The molecule has 0 amide bonds. The van der Waals surface area contributed by atoms with E-state index in [-0.39, 0.29) is 0 Å². The van der Waals surface area contributed by atoms with Gasteiger partial charge in [0, 0.05) is 17.6 Å². The second-order valence-electron chi connectivity index (χ2n) is 3.78. The lowest BCUT2D eigenvalue weighted by atomic mass is 10.2. The maximum atomic E-state index is 5.96. The molecule has 0 radical (unpaired) electrons. The molecule has 18 heavy (non-hydrogen) atoms. The highest BCUT2D eigenvalue weighted by molar-refractivity contribution is 6.31. The van der Waals surface area contributed by atoms with E-state index in [4.69, 9.17) is 16.3 Å². The van der Waals surface area contributed by atoms with Crippen molar-refractivity contribution in [1.82, 2.24) is 9.97 Å². The van der Waals surface area contributed by atoms with E-state index in [0.717, 1.165) is 22.9 Å². The Bertz CT molecular complexity index is 546. The standard InChI is InChI=1S/C13H14ClN3O/c1-3-15-12-7-13(17-8-16-12)18-10-4-5-11(14)9(2)6-10/h4-8H,3H2,1-2H3,(H,15,16,17). The quantitative estimate of drug-likeness (QED) is 0.914. The first kappa shape index (κ1) is 12.6. The molecule has 0 fully saturated rings. The molecule has 4 nitrogen and oxygen atoms in total. The van der Waals surface area contributed by atoms with Crippen molar-refractivity contribution in [1.29, 1.82) is 0 Å². The van der Waals surface area contributed by atoms with E-state index in [9.17, 15) is 0 Å². The lowest BCUT2D eigenvalue weighted by molar-refractivity contribution is 0.461. The zero-order valence-electron chi connectivity index (χ0n) is 10.3. The molecule has 94 valence electrons. The minimum Gasteiger partial charge on any atom is -0.439 e. The van der Waals surface area contributed by atoms with E-state index in [1.807, 2.05) is 26.0 Å². The first-order chi connectivity index (χ1) is 8.69. The van der Waals surface area contributed by atoms with E-state index in [0.29, 0.717) is 11.6 Å². The first-order valence-electron chi connectivity index (χ1n) is 5.69. The molecule has 0 spiro atoms. The maximum Gasteiger partial charge on any atom is 0.224 e. The van der Waals surface area contributed by atoms with Crippen molar-refractivity contribution in [3.8, 4) is 11.6 Å². The van der Waals surface area contributed by atoms with Crippen molar-refractivity contribution in [2.24, 2.45) is 0 Å². The van der Waals surface area contributed by atoms with Gasteiger partial charge in [-0.15, -0.1) is 0 Å². The molecule has 1 N–H and O–H groups in total. The third kappa shape index (κ3) is 3.11. The van der Waals surface area contributed by atoms with Crippen LogP contribution in [0.25, 0.3) is 0 Å². The fourth-order valence-electron chi connectivity index (χ4n) is 1.47. The predicted molar refractivity (Wildman–Crippen MR) is 72.5 cm³/mol. The summed E-state index contributed by atoms with van der Waals surface area (Å²) in [5.41, 5.74) is 0.968. The van der Waals surface area contributed by atoms with E-state index >= 15 is 0 Å². The van der Waals surface area contributed by atoms with Crippen LogP contribution < -0.4 is 10.1 Å². The normalized spacial score (nSPS) is 10.2. The number of halogens is 1. The van der Waals surface area contributed by atoms with Crippen LogP contribution in [0.2, 0.25) is 5.02 Å². The smallest absolute Gasteiger partial charge is 0.224 e. The Morgan fingerprint density at radius 1 is 1.28 bits per heavy atom. The van der Waals surface area contributed by atoms with E-state index in [1.54, 1.807) is 12.1 Å². The van der Waals surface area contributed by atoms with Gasteiger partial charge in [0.2, 0.25) is 5.88 Å². The summed E-state index contributed by atoms with van der Waals surface area (Å²) in [5, 5.41) is 3.82. The van der Waals surface area contributed by atoms with Crippen LogP contribution in [0.4, 0.5) is 5.82 Å². The molecule has 0 atom stereocenters. The summed E-state index contributed by atoms with van der Waals surface area (Å²) in [6, 6.07) is 7.24. The highest BCUT2D eigenvalue weighted by atomic mass is 35.5. The van der Waals surface area contributed by atoms with Crippen LogP contribution in [0.15, 0.2) is 30.6 Å². The third-order valence-corrected chi connectivity index (χ3v) is 2.78. The highest BCUT2D eigenvalue weighted by Gasteiger charge is 2.03. The predicted octanol–water partition coefficient (Wildman–Crippen LogP) is 3.66. The van der Waals surface area contributed by atoms with Crippen LogP contribution in [-0.4, -0.2) is 16.5 Å². The highest BCUT2D eigenvalue weighted by Crippen LogP contribution is 2.25. The van der Waals surface area contributed by atoms with Crippen molar-refractivity contribution >= 4 is 17.4 Å². The van der Waals surface area contributed by atoms with Gasteiger partial charge in [0.15, 0.2) is 0 Å². The molecular weight excluding hydrogens is 250 g/mol. The number of benzene rings is 1. The van der Waals surface area contributed by atoms with Crippen LogP contribution in [0.5, 0.6) is 11.6 Å². The number of aryl methyl sites for hydroxylation is 1. The largest absolute Gasteiger partial charge is 0.439 e. The van der Waals surface area contributed by atoms with Gasteiger partial charge in [0.1, 0.15) is 17.9 Å². The molecule has 0 saturated carbocycles. The van der Waals surface area contributed by atoms with Gasteiger partial charge in [-0.05, 0) is 37.6 Å². The van der Waals surface area contributed by atoms with Crippen LogP contribution >= 0.6 is 11.6 Å². The Labute approximate surface area is 111 Å². The Kier molecular flexibility index (Phi) is 3.99. The summed E-state index contributed by atoms with van der Waals surface area (Å²) < 4.78 is 5.65. The average Bonchev–Trinajstić information content (AvgIpc) is 2.35. The Hall–Kier alpha value is -1.81. The van der Waals surface area contributed by atoms with Gasteiger partial charge in [0.05, 0.1) is 0 Å². The van der Waals surface area contributed by atoms with Gasteiger partial charge in [-0.1, -0.05) is 11.6 Å². The van der Waals surface area contributed by atoms with E-state index < -0.39 is 0 Å². The lowest BCUT2D eigenvalue weighted by Gasteiger charge is -2.07. The summed E-state index contributed by atoms with van der Waals surface area (Å²) >= 11 is 5.96. The van der Waals surface area contributed by atoms with Crippen LogP contribution in [0.3, 0.4) is 0 Å². The SMILES string of the molecule is CCNc1cc(Oc2ccc(Cl)c(C)c2)ncn1. The van der Waals surface area contributed by atoms with Crippen molar-refractivity contribution in [2.45, 2.75) is 13.8 Å². The Morgan fingerprint density at radius 3 is 2.83 bits per heavy atom. The second kappa shape index (κ2) is 5.69. The third-order valence-electron chi connectivity index (χ3n) is 2.35. The van der Waals surface area contributed by atoms with Crippen LogP contribution in [-0.2, 0) is 0 Å². The zero-order chi connectivity index (χ0) is 13.0. The summed E-state index contributed by atoms with van der Waals surface area (Å²) in [5.74, 6) is 1.95. The molecule has 2 aromatic rings. The number of nitrogens with one attached hydrogen (secondary N) is 1. The fraction of sp³-hybridized carbons (Fsp3) is 0.231. The first-order valence-corrected chi connectivity index (χ1v) is 6.06. The van der Waals surface area contributed by atoms with Gasteiger partial charge in [-0.2, -0.15) is 0 Å². The summed E-state index contributed by atoms with van der Waals surface area (Å²) in [6.45, 7) is 4.74. The van der Waals surface area contributed by atoms with E-state index in [2.05, 4.69) is 15.3 Å². The number of nitrogens with zero attached hydrogens (tertiary/aromatic N) is 2. The minimum absolute atomic E-state index is 0.502. The van der Waals surface area contributed by atoms with Crippen LogP contribution in [0, 0.1) is 6.92 Å². The van der Waals surface area contributed by atoms with Crippen molar-refractivity contribution in [3.05, 3.63) is 41.2 Å². The fourth-order valence-corrected chi connectivity index (χ4v) is 1.59. The number of hydrogen-bond donors (Lipinski definition) is 1. The number of ether oxygens (including phenoxy) is 1.